The van der Waals surface area contributed by atoms with E-state index in [0.29, 0.717) is 17.5 Å². The van der Waals surface area contributed by atoms with Gasteiger partial charge in [-0.2, -0.15) is 0 Å². The van der Waals surface area contributed by atoms with Crippen molar-refractivity contribution in [2.45, 2.75) is 50.2 Å². The summed E-state index contributed by atoms with van der Waals surface area (Å²) in [7, 11) is -3.41. The van der Waals surface area contributed by atoms with Crippen LogP contribution in [0.15, 0.2) is 29.2 Å². The largest absolute Gasteiger partial charge is 0.310 e. The summed E-state index contributed by atoms with van der Waals surface area (Å²) in [5, 5.41) is 3.35. The minimum absolute atomic E-state index is 0.0977. The van der Waals surface area contributed by atoms with E-state index >= 15 is 0 Å². The summed E-state index contributed by atoms with van der Waals surface area (Å²) in [6.07, 6.45) is 2.39. The molecule has 0 radical (unpaired) electrons. The quantitative estimate of drug-likeness (QED) is 0.824. The Morgan fingerprint density at radius 2 is 1.94 bits per heavy atom. The second-order valence-corrected chi connectivity index (χ2v) is 6.72. The molecule has 0 spiro atoms. The Balaban J connectivity index is 2.19. The zero-order valence-corrected chi connectivity index (χ0v) is 11.6. The van der Waals surface area contributed by atoms with Crippen LogP contribution in [-0.2, 0) is 16.6 Å². The molecule has 2 N–H and O–H groups in total. The van der Waals surface area contributed by atoms with Crippen molar-refractivity contribution in [2.75, 3.05) is 0 Å². The molecular weight excluding hydrogens is 248 g/mol. The molecular formula is C13H20N2O2S. The topological polar surface area (TPSA) is 58.2 Å². The molecule has 1 aliphatic carbocycles. The third kappa shape index (κ3) is 3.54. The summed E-state index contributed by atoms with van der Waals surface area (Å²) in [5.74, 6) is 0. The maximum Gasteiger partial charge on any atom is 0.241 e. The lowest BCUT2D eigenvalue weighted by Gasteiger charge is -2.13. The third-order valence-electron chi connectivity index (χ3n) is 2.81. The van der Waals surface area contributed by atoms with Crippen LogP contribution in [0.1, 0.15) is 32.3 Å². The predicted molar refractivity (Wildman–Crippen MR) is 71.8 cm³/mol. The first kappa shape index (κ1) is 13.5. The number of benzene rings is 1. The van der Waals surface area contributed by atoms with E-state index in [1.54, 1.807) is 12.1 Å². The molecule has 5 heteroatoms. The highest BCUT2D eigenvalue weighted by molar-refractivity contribution is 7.89. The zero-order chi connectivity index (χ0) is 13.2. The zero-order valence-electron chi connectivity index (χ0n) is 10.8. The number of hydrogen-bond acceptors (Lipinski definition) is 3. The van der Waals surface area contributed by atoms with Crippen molar-refractivity contribution < 1.29 is 8.42 Å². The van der Waals surface area contributed by atoms with Crippen molar-refractivity contribution in [3.63, 3.8) is 0 Å². The third-order valence-corrected chi connectivity index (χ3v) is 4.57. The van der Waals surface area contributed by atoms with E-state index in [1.807, 2.05) is 26.0 Å². The lowest BCUT2D eigenvalue weighted by molar-refractivity contribution is 0.567. The summed E-state index contributed by atoms with van der Waals surface area (Å²) >= 11 is 0. The SMILES string of the molecule is CC(C)NS(=O)(=O)c1ccccc1CNC1CC1. The van der Waals surface area contributed by atoms with Gasteiger partial charge in [-0.25, -0.2) is 13.1 Å². The van der Waals surface area contributed by atoms with Gasteiger partial charge in [-0.15, -0.1) is 0 Å². The fourth-order valence-corrected chi connectivity index (χ4v) is 3.32. The summed E-state index contributed by atoms with van der Waals surface area (Å²) in [6, 6.07) is 7.63. The van der Waals surface area contributed by atoms with Crippen LogP contribution in [0.2, 0.25) is 0 Å². The monoisotopic (exact) mass is 268 g/mol. The van der Waals surface area contributed by atoms with E-state index in [-0.39, 0.29) is 6.04 Å². The molecule has 0 saturated heterocycles. The second-order valence-electron chi connectivity index (χ2n) is 5.04. The van der Waals surface area contributed by atoms with Gasteiger partial charge in [0.25, 0.3) is 0 Å². The Hall–Kier alpha value is -0.910. The Labute approximate surface area is 109 Å². The van der Waals surface area contributed by atoms with Gasteiger partial charge in [0.2, 0.25) is 10.0 Å². The van der Waals surface area contributed by atoms with Gasteiger partial charge in [0.05, 0.1) is 4.90 Å². The molecule has 1 aromatic rings. The van der Waals surface area contributed by atoms with Gasteiger partial charge in [0, 0.05) is 18.6 Å². The van der Waals surface area contributed by atoms with E-state index in [4.69, 9.17) is 0 Å². The minimum atomic E-state index is -3.41. The highest BCUT2D eigenvalue weighted by Gasteiger charge is 2.23. The summed E-state index contributed by atoms with van der Waals surface area (Å²) in [6.45, 7) is 4.26. The molecule has 1 saturated carbocycles. The number of hydrogen-bond donors (Lipinski definition) is 2. The van der Waals surface area contributed by atoms with Crippen molar-refractivity contribution in [1.29, 1.82) is 0 Å². The van der Waals surface area contributed by atoms with Crippen LogP contribution < -0.4 is 10.0 Å². The minimum Gasteiger partial charge on any atom is -0.310 e. The fraction of sp³-hybridized carbons (Fsp3) is 0.538. The molecule has 4 nitrogen and oxygen atoms in total. The molecule has 1 aromatic carbocycles. The maximum absolute atomic E-state index is 12.2. The molecule has 0 aliphatic heterocycles. The van der Waals surface area contributed by atoms with Crippen molar-refractivity contribution >= 4 is 10.0 Å². The summed E-state index contributed by atoms with van der Waals surface area (Å²) in [5.41, 5.74) is 0.831. The fourth-order valence-electron chi connectivity index (χ4n) is 1.83. The first-order chi connectivity index (χ1) is 8.49. The van der Waals surface area contributed by atoms with Crippen molar-refractivity contribution in [1.82, 2.24) is 10.0 Å². The number of nitrogens with one attached hydrogen (secondary N) is 2. The first-order valence-electron chi connectivity index (χ1n) is 6.32. The van der Waals surface area contributed by atoms with Crippen LogP contribution in [-0.4, -0.2) is 20.5 Å². The van der Waals surface area contributed by atoms with Crippen LogP contribution in [0.4, 0.5) is 0 Å². The Morgan fingerprint density at radius 1 is 1.28 bits per heavy atom. The molecule has 2 rings (SSSR count). The summed E-state index contributed by atoms with van der Waals surface area (Å²) in [4.78, 5) is 0.381. The normalized spacial score (nSPS) is 16.2. The Kier molecular flexibility index (Phi) is 4.04. The summed E-state index contributed by atoms with van der Waals surface area (Å²) < 4.78 is 27.0. The van der Waals surface area contributed by atoms with Gasteiger partial charge in [-0.3, -0.25) is 0 Å². The second kappa shape index (κ2) is 5.38. The highest BCUT2D eigenvalue weighted by atomic mass is 32.2. The van der Waals surface area contributed by atoms with E-state index in [1.165, 1.54) is 12.8 Å². The van der Waals surface area contributed by atoms with Crippen LogP contribution in [0, 0.1) is 0 Å². The highest BCUT2D eigenvalue weighted by Crippen LogP contribution is 2.21. The van der Waals surface area contributed by atoms with E-state index in [2.05, 4.69) is 10.0 Å². The molecule has 0 amide bonds. The van der Waals surface area contributed by atoms with Crippen molar-refractivity contribution in [3.8, 4) is 0 Å². The van der Waals surface area contributed by atoms with Gasteiger partial charge in [0.15, 0.2) is 0 Å². The van der Waals surface area contributed by atoms with Crippen LogP contribution >= 0.6 is 0 Å². The lowest BCUT2D eigenvalue weighted by Crippen LogP contribution is -2.31. The molecule has 0 bridgehead atoms. The van der Waals surface area contributed by atoms with Crippen molar-refractivity contribution in [2.24, 2.45) is 0 Å². The van der Waals surface area contributed by atoms with E-state index in [0.717, 1.165) is 5.56 Å². The average Bonchev–Trinajstić information content (AvgIpc) is 3.08. The Morgan fingerprint density at radius 3 is 2.56 bits per heavy atom. The van der Waals surface area contributed by atoms with Gasteiger partial charge < -0.3 is 5.32 Å². The van der Waals surface area contributed by atoms with E-state index in [9.17, 15) is 8.42 Å². The van der Waals surface area contributed by atoms with Crippen LogP contribution in [0.3, 0.4) is 0 Å². The number of rotatable bonds is 6. The smallest absolute Gasteiger partial charge is 0.241 e. The average molecular weight is 268 g/mol. The van der Waals surface area contributed by atoms with Gasteiger partial charge in [-0.1, -0.05) is 18.2 Å². The van der Waals surface area contributed by atoms with Crippen LogP contribution in [0.25, 0.3) is 0 Å². The first-order valence-corrected chi connectivity index (χ1v) is 7.81. The van der Waals surface area contributed by atoms with Gasteiger partial charge in [0.1, 0.15) is 0 Å². The molecule has 18 heavy (non-hydrogen) atoms. The lowest BCUT2D eigenvalue weighted by atomic mass is 10.2. The van der Waals surface area contributed by atoms with Crippen LogP contribution in [0.5, 0.6) is 0 Å². The Bertz CT molecular complexity index is 507. The molecule has 100 valence electrons. The predicted octanol–water partition coefficient (Wildman–Crippen LogP) is 1.63. The molecule has 0 unspecified atom stereocenters. The standard InChI is InChI=1S/C13H20N2O2S/c1-10(2)15-18(16,17)13-6-4-3-5-11(13)9-14-12-7-8-12/h3-6,10,12,14-15H,7-9H2,1-2H3. The van der Waals surface area contributed by atoms with Gasteiger partial charge >= 0.3 is 0 Å². The van der Waals surface area contributed by atoms with Gasteiger partial charge in [-0.05, 0) is 38.3 Å². The van der Waals surface area contributed by atoms with E-state index < -0.39 is 10.0 Å². The number of sulfonamides is 1. The van der Waals surface area contributed by atoms with Crippen molar-refractivity contribution in [3.05, 3.63) is 29.8 Å². The maximum atomic E-state index is 12.2. The molecule has 1 aliphatic rings. The molecule has 0 heterocycles. The molecule has 0 atom stereocenters. The molecule has 1 fully saturated rings. The molecule has 0 aromatic heterocycles.